The normalized spacial score (nSPS) is 30.8. The Bertz CT molecular complexity index is 411. The number of amides is 2. The van der Waals surface area contributed by atoms with Crippen LogP contribution in [0.3, 0.4) is 0 Å². The first-order valence-corrected chi connectivity index (χ1v) is 6.01. The molecule has 1 saturated heterocycles. The minimum absolute atomic E-state index is 0.0693. The predicted octanol–water partition coefficient (Wildman–Crippen LogP) is 1.65. The van der Waals surface area contributed by atoms with Crippen molar-refractivity contribution in [1.29, 1.82) is 0 Å². The molecule has 4 heteroatoms. The average molecular weight is 237 g/mol. The van der Waals surface area contributed by atoms with Crippen molar-refractivity contribution in [3.63, 3.8) is 0 Å². The van der Waals surface area contributed by atoms with E-state index in [1.807, 2.05) is 0 Å². The third-order valence-corrected chi connectivity index (χ3v) is 3.94. The Morgan fingerprint density at radius 1 is 1.29 bits per heavy atom. The third kappa shape index (κ3) is 2.02. The highest BCUT2D eigenvalue weighted by Crippen LogP contribution is 2.50. The molecule has 2 rings (SSSR count). The molecule has 0 aromatic carbocycles. The van der Waals surface area contributed by atoms with Crippen LogP contribution in [0.15, 0.2) is 11.6 Å². The zero-order valence-corrected chi connectivity index (χ0v) is 10.9. The SMILES string of the molecule is CC1=CC(=O)N(CCCC2(C)OC2(C)C)C1=O. The molecule has 0 aromatic heterocycles. The number of imide groups is 1. The monoisotopic (exact) mass is 237 g/mol. The molecule has 17 heavy (non-hydrogen) atoms. The molecule has 2 amide bonds. The summed E-state index contributed by atoms with van der Waals surface area (Å²) in [6, 6.07) is 0. The number of nitrogens with zero attached hydrogens (tertiary/aromatic N) is 1. The van der Waals surface area contributed by atoms with Crippen molar-refractivity contribution in [2.24, 2.45) is 0 Å². The first-order valence-electron chi connectivity index (χ1n) is 6.01. The first-order chi connectivity index (χ1) is 7.77. The van der Waals surface area contributed by atoms with Crippen LogP contribution < -0.4 is 0 Å². The Hall–Kier alpha value is -1.16. The van der Waals surface area contributed by atoms with Gasteiger partial charge in [0.1, 0.15) is 0 Å². The minimum atomic E-state index is -0.186. The van der Waals surface area contributed by atoms with E-state index in [1.54, 1.807) is 6.92 Å². The third-order valence-electron chi connectivity index (χ3n) is 3.94. The first kappa shape index (κ1) is 12.3. The summed E-state index contributed by atoms with van der Waals surface area (Å²) >= 11 is 0. The molecule has 94 valence electrons. The van der Waals surface area contributed by atoms with Crippen LogP contribution in [0.25, 0.3) is 0 Å². The van der Waals surface area contributed by atoms with Gasteiger partial charge in [-0.3, -0.25) is 14.5 Å². The van der Waals surface area contributed by atoms with Crippen LogP contribution in [0.4, 0.5) is 0 Å². The summed E-state index contributed by atoms with van der Waals surface area (Å²) in [4.78, 5) is 24.4. The molecule has 2 aliphatic heterocycles. The van der Waals surface area contributed by atoms with Gasteiger partial charge < -0.3 is 4.74 Å². The number of hydrogen-bond donors (Lipinski definition) is 0. The second-order valence-electron chi connectivity index (χ2n) is 5.57. The highest BCUT2D eigenvalue weighted by atomic mass is 16.6. The van der Waals surface area contributed by atoms with Gasteiger partial charge >= 0.3 is 0 Å². The highest BCUT2D eigenvalue weighted by molar-refractivity contribution is 6.15. The van der Waals surface area contributed by atoms with Crippen molar-refractivity contribution >= 4 is 11.8 Å². The minimum Gasteiger partial charge on any atom is -0.363 e. The molecule has 2 aliphatic rings. The Morgan fingerprint density at radius 3 is 2.29 bits per heavy atom. The molecule has 4 nitrogen and oxygen atoms in total. The molecule has 0 N–H and O–H groups in total. The standard InChI is InChI=1S/C13H19NO3/c1-9-8-10(15)14(11(9)16)7-5-6-13(4)12(2,3)17-13/h8H,5-7H2,1-4H3. The Morgan fingerprint density at radius 2 is 1.88 bits per heavy atom. The Balaban J connectivity index is 1.81. The zero-order chi connectivity index (χ0) is 12.8. The van der Waals surface area contributed by atoms with Gasteiger partial charge in [-0.05, 0) is 40.5 Å². The smallest absolute Gasteiger partial charge is 0.256 e. The van der Waals surface area contributed by atoms with Crippen molar-refractivity contribution in [1.82, 2.24) is 4.90 Å². The van der Waals surface area contributed by atoms with Gasteiger partial charge in [0.15, 0.2) is 0 Å². The number of hydrogen-bond acceptors (Lipinski definition) is 3. The van der Waals surface area contributed by atoms with Crippen LogP contribution in [0.2, 0.25) is 0 Å². The molecule has 0 aliphatic carbocycles. The summed E-state index contributed by atoms with van der Waals surface area (Å²) in [5.41, 5.74) is 0.366. The maximum Gasteiger partial charge on any atom is 0.256 e. The number of carbonyl (C=O) groups excluding carboxylic acids is 2. The number of epoxide rings is 1. The van der Waals surface area contributed by atoms with Gasteiger partial charge in [-0.25, -0.2) is 0 Å². The average Bonchev–Trinajstić information content (AvgIpc) is 2.60. The Labute approximate surface area is 102 Å². The van der Waals surface area contributed by atoms with Crippen LogP contribution in [0.5, 0.6) is 0 Å². The summed E-state index contributed by atoms with van der Waals surface area (Å²) in [5.74, 6) is -0.343. The van der Waals surface area contributed by atoms with Gasteiger partial charge in [-0.2, -0.15) is 0 Å². The highest BCUT2D eigenvalue weighted by Gasteiger charge is 2.59. The lowest BCUT2D eigenvalue weighted by Gasteiger charge is -2.15. The van der Waals surface area contributed by atoms with E-state index in [0.29, 0.717) is 12.1 Å². The molecule has 0 saturated carbocycles. The second kappa shape index (κ2) is 3.67. The lowest BCUT2D eigenvalue weighted by molar-refractivity contribution is -0.137. The molecule has 1 unspecified atom stereocenters. The van der Waals surface area contributed by atoms with Gasteiger partial charge in [0.2, 0.25) is 0 Å². The van der Waals surface area contributed by atoms with Crippen LogP contribution in [0, 0.1) is 0 Å². The molecule has 1 fully saturated rings. The number of carbonyl (C=O) groups is 2. The van der Waals surface area contributed by atoms with Crippen LogP contribution in [-0.2, 0) is 14.3 Å². The molecule has 0 spiro atoms. The van der Waals surface area contributed by atoms with Gasteiger partial charge in [-0.15, -0.1) is 0 Å². The summed E-state index contributed by atoms with van der Waals surface area (Å²) in [6.45, 7) is 8.36. The molecule has 0 bridgehead atoms. The number of rotatable bonds is 4. The molecule has 1 atom stereocenters. The van der Waals surface area contributed by atoms with E-state index in [1.165, 1.54) is 11.0 Å². The summed E-state index contributed by atoms with van der Waals surface area (Å²) in [7, 11) is 0. The van der Waals surface area contributed by atoms with Crippen LogP contribution >= 0.6 is 0 Å². The quantitative estimate of drug-likeness (QED) is 0.552. The molecule has 0 radical (unpaired) electrons. The van der Waals surface area contributed by atoms with E-state index >= 15 is 0 Å². The molecular weight excluding hydrogens is 218 g/mol. The maximum atomic E-state index is 11.6. The van der Waals surface area contributed by atoms with Crippen molar-refractivity contribution in [2.45, 2.75) is 51.7 Å². The predicted molar refractivity (Wildman–Crippen MR) is 63.3 cm³/mol. The van der Waals surface area contributed by atoms with Crippen molar-refractivity contribution < 1.29 is 14.3 Å². The summed E-state index contributed by atoms with van der Waals surface area (Å²) in [5, 5.41) is 0. The van der Waals surface area contributed by atoms with Gasteiger partial charge in [0.05, 0.1) is 11.2 Å². The second-order valence-corrected chi connectivity index (χ2v) is 5.57. The van der Waals surface area contributed by atoms with Gasteiger partial charge in [-0.1, -0.05) is 0 Å². The van der Waals surface area contributed by atoms with E-state index in [2.05, 4.69) is 20.8 Å². The summed E-state index contributed by atoms with van der Waals surface area (Å²) < 4.78 is 5.63. The lowest BCUT2D eigenvalue weighted by Crippen LogP contribution is -2.32. The van der Waals surface area contributed by atoms with Crippen molar-refractivity contribution in [2.75, 3.05) is 6.54 Å². The fourth-order valence-electron chi connectivity index (χ4n) is 2.31. The molecular formula is C13H19NO3. The van der Waals surface area contributed by atoms with E-state index < -0.39 is 0 Å². The lowest BCUT2D eigenvalue weighted by atomic mass is 9.93. The molecule has 2 heterocycles. The maximum absolute atomic E-state index is 11.6. The van der Waals surface area contributed by atoms with Gasteiger partial charge in [0, 0.05) is 18.2 Å². The van der Waals surface area contributed by atoms with Gasteiger partial charge in [0.25, 0.3) is 11.8 Å². The van der Waals surface area contributed by atoms with E-state index in [9.17, 15) is 9.59 Å². The van der Waals surface area contributed by atoms with E-state index in [0.717, 1.165) is 12.8 Å². The fourth-order valence-corrected chi connectivity index (χ4v) is 2.31. The van der Waals surface area contributed by atoms with E-state index in [4.69, 9.17) is 4.74 Å². The van der Waals surface area contributed by atoms with Crippen LogP contribution in [0.1, 0.15) is 40.5 Å². The van der Waals surface area contributed by atoms with E-state index in [-0.39, 0.29) is 23.0 Å². The zero-order valence-electron chi connectivity index (χ0n) is 10.9. The Kier molecular flexibility index (Phi) is 2.65. The largest absolute Gasteiger partial charge is 0.363 e. The van der Waals surface area contributed by atoms with Crippen molar-refractivity contribution in [3.8, 4) is 0 Å². The molecule has 0 aromatic rings. The topological polar surface area (TPSA) is 49.9 Å². The fraction of sp³-hybridized carbons (Fsp3) is 0.692. The van der Waals surface area contributed by atoms with Crippen LogP contribution in [-0.4, -0.2) is 34.5 Å². The summed E-state index contributed by atoms with van der Waals surface area (Å²) in [6.07, 6.45) is 3.07. The van der Waals surface area contributed by atoms with Crippen molar-refractivity contribution in [3.05, 3.63) is 11.6 Å². The number of ether oxygens (including phenoxy) is 1.